The molecule has 1 amide bonds. The van der Waals surface area contributed by atoms with Gasteiger partial charge in [0.05, 0.1) is 17.4 Å². The lowest BCUT2D eigenvalue weighted by Crippen LogP contribution is -2.46. The molecule has 3 heterocycles. The zero-order valence-corrected chi connectivity index (χ0v) is 21.4. The molecule has 202 valence electrons. The number of hydrogen-bond donors (Lipinski definition) is 2. The summed E-state index contributed by atoms with van der Waals surface area (Å²) in [4.78, 5) is 26.2. The van der Waals surface area contributed by atoms with Gasteiger partial charge in [-0.2, -0.15) is 13.2 Å². The monoisotopic (exact) mass is 530 g/mol. The third kappa shape index (κ3) is 5.93. The second-order valence-electron chi connectivity index (χ2n) is 9.92. The van der Waals surface area contributed by atoms with Crippen LogP contribution in [0.1, 0.15) is 42.3 Å². The maximum atomic E-state index is 14.8. The average molecular weight is 531 g/mol. The standard InChI is InChI=1S/C27H30F4N6O/c1-26(2,27(29,30)31)23-18-8-4-9-21(36-22-10-14-37(3)16-20(22)28)19(18)15-17(35-23)7-5-11-34-25(38)24-32-12-6-13-33-24/h4-9,12-13,15,20,22,36H,10-11,14,16H2,1-3H3,(H,34,38)/b7-5+/t20-,22+/m0/s1. The molecule has 0 aliphatic carbocycles. The summed E-state index contributed by atoms with van der Waals surface area (Å²) in [7, 11) is 1.85. The normalized spacial score (nSPS) is 19.1. The van der Waals surface area contributed by atoms with E-state index in [1.54, 1.807) is 42.5 Å². The van der Waals surface area contributed by atoms with Gasteiger partial charge < -0.3 is 15.5 Å². The molecule has 1 aromatic carbocycles. The van der Waals surface area contributed by atoms with Crippen molar-refractivity contribution in [3.63, 3.8) is 0 Å². The van der Waals surface area contributed by atoms with Crippen molar-refractivity contribution in [2.24, 2.45) is 0 Å². The van der Waals surface area contributed by atoms with Gasteiger partial charge in [0.1, 0.15) is 11.6 Å². The summed E-state index contributed by atoms with van der Waals surface area (Å²) in [6.45, 7) is 3.27. The van der Waals surface area contributed by atoms with E-state index >= 15 is 0 Å². The van der Waals surface area contributed by atoms with E-state index in [0.717, 1.165) is 13.8 Å². The minimum Gasteiger partial charge on any atom is -0.379 e. The number of carbonyl (C=O) groups excluding carboxylic acids is 1. The topological polar surface area (TPSA) is 83.0 Å². The van der Waals surface area contributed by atoms with Crippen LogP contribution in [0.3, 0.4) is 0 Å². The van der Waals surface area contributed by atoms with Gasteiger partial charge >= 0.3 is 6.18 Å². The largest absolute Gasteiger partial charge is 0.399 e. The lowest BCUT2D eigenvalue weighted by Gasteiger charge is -2.34. The van der Waals surface area contributed by atoms with Gasteiger partial charge in [-0.05, 0) is 51.6 Å². The summed E-state index contributed by atoms with van der Waals surface area (Å²) in [6.07, 6.45) is 0.924. The summed E-state index contributed by atoms with van der Waals surface area (Å²) in [5.41, 5.74) is -1.55. The Labute approximate surface area is 218 Å². The predicted molar refractivity (Wildman–Crippen MR) is 139 cm³/mol. The van der Waals surface area contributed by atoms with Gasteiger partial charge in [0.25, 0.3) is 5.91 Å². The van der Waals surface area contributed by atoms with E-state index in [4.69, 9.17) is 0 Å². The van der Waals surface area contributed by atoms with Crippen LogP contribution in [0.4, 0.5) is 23.2 Å². The maximum absolute atomic E-state index is 14.8. The molecule has 38 heavy (non-hydrogen) atoms. The third-order valence-electron chi connectivity index (χ3n) is 6.72. The molecule has 0 radical (unpaired) electrons. The fraction of sp³-hybridized carbons (Fsp3) is 0.407. The fourth-order valence-corrected chi connectivity index (χ4v) is 4.36. The average Bonchev–Trinajstić information content (AvgIpc) is 2.87. The molecule has 1 fully saturated rings. The first-order chi connectivity index (χ1) is 18.0. The fourth-order valence-electron chi connectivity index (χ4n) is 4.36. The van der Waals surface area contributed by atoms with Crippen molar-refractivity contribution >= 4 is 28.4 Å². The summed E-state index contributed by atoms with van der Waals surface area (Å²) in [5, 5.41) is 6.72. The lowest BCUT2D eigenvalue weighted by molar-refractivity contribution is -0.180. The van der Waals surface area contributed by atoms with Crippen molar-refractivity contribution < 1.29 is 22.4 Å². The van der Waals surface area contributed by atoms with Crippen LogP contribution in [0, 0.1) is 0 Å². The Morgan fingerprint density at radius 3 is 2.58 bits per heavy atom. The number of halogens is 4. The molecular formula is C27H30F4N6O. The molecule has 1 aliphatic rings. The molecule has 0 spiro atoms. The Morgan fingerprint density at radius 2 is 1.89 bits per heavy atom. The number of fused-ring (bicyclic) bond motifs is 1. The molecule has 0 bridgehead atoms. The third-order valence-corrected chi connectivity index (χ3v) is 6.72. The van der Waals surface area contributed by atoms with E-state index < -0.39 is 29.7 Å². The number of amides is 1. The van der Waals surface area contributed by atoms with Gasteiger partial charge in [-0.15, -0.1) is 0 Å². The van der Waals surface area contributed by atoms with Gasteiger partial charge in [0.15, 0.2) is 0 Å². The van der Waals surface area contributed by atoms with Crippen molar-refractivity contribution in [3.8, 4) is 0 Å². The highest BCUT2D eigenvalue weighted by atomic mass is 19.4. The Morgan fingerprint density at radius 1 is 1.16 bits per heavy atom. The van der Waals surface area contributed by atoms with Gasteiger partial charge in [0, 0.05) is 48.5 Å². The number of carbonyl (C=O) groups is 1. The van der Waals surface area contributed by atoms with Crippen LogP contribution in [0.15, 0.2) is 48.8 Å². The number of rotatable bonds is 7. The van der Waals surface area contributed by atoms with E-state index in [9.17, 15) is 22.4 Å². The second-order valence-corrected chi connectivity index (χ2v) is 9.92. The van der Waals surface area contributed by atoms with Crippen molar-refractivity contribution in [2.45, 2.75) is 44.1 Å². The van der Waals surface area contributed by atoms with Crippen LogP contribution in [-0.4, -0.2) is 70.8 Å². The maximum Gasteiger partial charge on any atom is 0.399 e. The number of aromatic nitrogens is 3. The van der Waals surface area contributed by atoms with Gasteiger partial charge in [-0.1, -0.05) is 18.2 Å². The van der Waals surface area contributed by atoms with Crippen LogP contribution in [-0.2, 0) is 5.41 Å². The highest BCUT2D eigenvalue weighted by Crippen LogP contribution is 2.43. The minimum absolute atomic E-state index is 0.00901. The first-order valence-electron chi connectivity index (χ1n) is 12.3. The molecular weight excluding hydrogens is 500 g/mol. The number of benzene rings is 1. The van der Waals surface area contributed by atoms with Gasteiger partial charge in [0.2, 0.25) is 5.82 Å². The number of anilines is 1. The molecule has 3 aromatic rings. The molecule has 0 saturated carbocycles. The summed E-state index contributed by atoms with van der Waals surface area (Å²) in [6, 6.07) is 7.80. The number of pyridine rings is 1. The van der Waals surface area contributed by atoms with Crippen LogP contribution >= 0.6 is 0 Å². The highest BCUT2D eigenvalue weighted by Gasteiger charge is 2.50. The summed E-state index contributed by atoms with van der Waals surface area (Å²) < 4.78 is 57.1. The van der Waals surface area contributed by atoms with E-state index in [1.165, 1.54) is 12.4 Å². The van der Waals surface area contributed by atoms with Crippen molar-refractivity contribution in [1.82, 2.24) is 25.2 Å². The zero-order valence-electron chi connectivity index (χ0n) is 21.4. The molecule has 4 rings (SSSR count). The Kier molecular flexibility index (Phi) is 7.96. The first-order valence-corrected chi connectivity index (χ1v) is 12.3. The SMILES string of the molecule is CN1CC[C@@H](Nc2cccc3c(C(C)(C)C(F)(F)F)nc(/C=C/CNC(=O)c4ncccn4)cc23)[C@@H](F)C1. The van der Waals surface area contributed by atoms with Crippen LogP contribution in [0.2, 0.25) is 0 Å². The number of nitrogens with zero attached hydrogens (tertiary/aromatic N) is 4. The number of alkyl halides is 4. The van der Waals surface area contributed by atoms with Gasteiger partial charge in [-0.25, -0.2) is 14.4 Å². The second kappa shape index (κ2) is 11.0. The highest BCUT2D eigenvalue weighted by molar-refractivity contribution is 5.97. The smallest absolute Gasteiger partial charge is 0.379 e. The number of likely N-dealkylation sites (tertiary alicyclic amines) is 1. The quantitative estimate of drug-likeness (QED) is 0.429. The minimum atomic E-state index is -4.56. The zero-order chi connectivity index (χ0) is 27.5. The lowest BCUT2D eigenvalue weighted by atomic mass is 9.84. The first kappa shape index (κ1) is 27.4. The van der Waals surface area contributed by atoms with Gasteiger partial charge in [-0.3, -0.25) is 9.78 Å². The molecule has 2 aromatic heterocycles. The summed E-state index contributed by atoms with van der Waals surface area (Å²) >= 11 is 0. The number of hydrogen-bond acceptors (Lipinski definition) is 6. The molecule has 11 heteroatoms. The van der Waals surface area contributed by atoms with E-state index in [1.807, 2.05) is 11.9 Å². The molecule has 7 nitrogen and oxygen atoms in total. The Balaban J connectivity index is 1.67. The van der Waals surface area contributed by atoms with Crippen LogP contribution in [0.5, 0.6) is 0 Å². The predicted octanol–water partition coefficient (Wildman–Crippen LogP) is 4.76. The number of nitrogens with one attached hydrogen (secondary N) is 2. The van der Waals surface area contributed by atoms with Crippen molar-refractivity contribution in [3.05, 3.63) is 66.0 Å². The molecule has 1 aliphatic heterocycles. The molecule has 2 N–H and O–H groups in total. The summed E-state index contributed by atoms with van der Waals surface area (Å²) in [5.74, 6) is -0.472. The van der Waals surface area contributed by atoms with E-state index in [0.29, 0.717) is 29.4 Å². The molecule has 0 unspecified atom stereocenters. The molecule has 2 atom stereocenters. The van der Waals surface area contributed by atoms with E-state index in [2.05, 4.69) is 25.6 Å². The molecule has 1 saturated heterocycles. The Hall–Kier alpha value is -3.60. The van der Waals surface area contributed by atoms with E-state index in [-0.39, 0.29) is 30.3 Å². The Bertz CT molecular complexity index is 1310. The van der Waals surface area contributed by atoms with Crippen molar-refractivity contribution in [2.75, 3.05) is 32.0 Å². The van der Waals surface area contributed by atoms with Crippen LogP contribution in [0.25, 0.3) is 16.8 Å². The number of piperidine rings is 1. The van der Waals surface area contributed by atoms with Crippen molar-refractivity contribution in [1.29, 1.82) is 0 Å². The van der Waals surface area contributed by atoms with Crippen LogP contribution < -0.4 is 10.6 Å².